The molecule has 4 heterocycles. The number of nitrogens with zero attached hydrogens (tertiary/aromatic N) is 4. The second kappa shape index (κ2) is 10.2. The lowest BCUT2D eigenvalue weighted by Gasteiger charge is -2.13. The smallest absolute Gasteiger partial charge is 0.226 e. The summed E-state index contributed by atoms with van der Waals surface area (Å²) >= 11 is 0. The number of pyridine rings is 3. The number of anilines is 2. The van der Waals surface area contributed by atoms with Crippen molar-refractivity contribution in [3.8, 4) is 22.3 Å². The van der Waals surface area contributed by atoms with E-state index in [-0.39, 0.29) is 17.6 Å². The summed E-state index contributed by atoms with van der Waals surface area (Å²) in [6, 6.07) is 12.0. The summed E-state index contributed by atoms with van der Waals surface area (Å²) < 4.78 is 13.5. The van der Waals surface area contributed by atoms with E-state index in [1.807, 2.05) is 32.0 Å². The van der Waals surface area contributed by atoms with Gasteiger partial charge in [0.1, 0.15) is 17.5 Å². The van der Waals surface area contributed by atoms with Crippen molar-refractivity contribution in [2.75, 3.05) is 17.7 Å². The van der Waals surface area contributed by atoms with Crippen molar-refractivity contribution in [3.63, 3.8) is 0 Å². The highest BCUT2D eigenvalue weighted by molar-refractivity contribution is 5.94. The summed E-state index contributed by atoms with van der Waals surface area (Å²) in [5, 5.41) is 5.99. The summed E-state index contributed by atoms with van der Waals surface area (Å²) in [7, 11) is 1.79. The fourth-order valence-electron chi connectivity index (χ4n) is 4.06. The van der Waals surface area contributed by atoms with Crippen molar-refractivity contribution in [3.05, 3.63) is 91.0 Å². The van der Waals surface area contributed by atoms with E-state index in [1.165, 1.54) is 12.1 Å². The van der Waals surface area contributed by atoms with Crippen molar-refractivity contribution < 1.29 is 9.18 Å². The van der Waals surface area contributed by atoms with Crippen LogP contribution in [0.5, 0.6) is 0 Å². The Labute approximate surface area is 219 Å². The predicted molar refractivity (Wildman–Crippen MR) is 148 cm³/mol. The molecule has 1 amide bonds. The number of carbonyl (C=O) groups is 1. The molecule has 8 nitrogen and oxygen atoms in total. The number of rotatable bonds is 7. The first-order valence-corrected chi connectivity index (χ1v) is 12.1. The van der Waals surface area contributed by atoms with Gasteiger partial charge in [-0.05, 0) is 35.9 Å². The van der Waals surface area contributed by atoms with E-state index in [9.17, 15) is 9.18 Å². The van der Waals surface area contributed by atoms with Gasteiger partial charge in [0.05, 0.1) is 17.4 Å². The number of benzene rings is 1. The van der Waals surface area contributed by atoms with Crippen LogP contribution in [0.4, 0.5) is 15.9 Å². The highest BCUT2D eigenvalue weighted by Gasteiger charge is 2.17. The normalized spacial score (nSPS) is 11.1. The number of hydrogen-bond donors (Lipinski definition) is 3. The highest BCUT2D eigenvalue weighted by Crippen LogP contribution is 2.33. The Morgan fingerprint density at radius 2 is 1.76 bits per heavy atom. The van der Waals surface area contributed by atoms with Crippen LogP contribution in [-0.2, 0) is 4.79 Å². The van der Waals surface area contributed by atoms with Crippen LogP contribution >= 0.6 is 0 Å². The molecule has 3 N–H and O–H groups in total. The fraction of sp³-hybridized carbons (Fsp3) is 0.138. The Balaban J connectivity index is 1.52. The van der Waals surface area contributed by atoms with Crippen LogP contribution in [0, 0.1) is 11.7 Å². The molecule has 0 aliphatic rings. The average Bonchev–Trinajstić information content (AvgIpc) is 3.37. The second-order valence-electron chi connectivity index (χ2n) is 9.10. The molecule has 5 aromatic rings. The Morgan fingerprint density at radius 3 is 2.50 bits per heavy atom. The topological polar surface area (TPSA) is 108 Å². The first-order chi connectivity index (χ1) is 18.3. The van der Waals surface area contributed by atoms with Crippen molar-refractivity contribution in [2.24, 2.45) is 5.92 Å². The SMILES string of the molecule is C=C(c1nc2nccc(-c3ccc(F)cc3)c2[nH]1)c1cc(-c2cncc(NC(=O)C(C)C)c2)cnc1NC. The third kappa shape index (κ3) is 4.86. The van der Waals surface area contributed by atoms with Crippen LogP contribution in [0.25, 0.3) is 39.0 Å². The minimum atomic E-state index is -0.298. The zero-order chi connectivity index (χ0) is 26.8. The zero-order valence-corrected chi connectivity index (χ0v) is 21.2. The average molecular weight is 508 g/mol. The molecule has 0 saturated heterocycles. The fourth-order valence-corrected chi connectivity index (χ4v) is 4.06. The quantitative estimate of drug-likeness (QED) is 0.252. The lowest BCUT2D eigenvalue weighted by molar-refractivity contribution is -0.118. The number of aromatic nitrogens is 5. The Kier molecular flexibility index (Phi) is 6.66. The molecule has 0 atom stereocenters. The standard InChI is InChI=1S/C29H26FN7O/c1-16(2)29(38)35-22-11-19(13-32-15-22)20-12-24(27(31-4)34-14-20)17(3)26-36-25-23(9-10-33-28(25)37-26)18-5-7-21(30)8-6-18/h5-16H,3H2,1-2,4H3,(H,31,34)(H,35,38)(H,33,36,37). The largest absolute Gasteiger partial charge is 0.373 e. The van der Waals surface area contributed by atoms with Crippen LogP contribution in [0.15, 0.2) is 73.8 Å². The van der Waals surface area contributed by atoms with E-state index in [4.69, 9.17) is 0 Å². The second-order valence-corrected chi connectivity index (χ2v) is 9.10. The Bertz CT molecular complexity index is 1660. The van der Waals surface area contributed by atoms with Crippen LogP contribution in [0.3, 0.4) is 0 Å². The van der Waals surface area contributed by atoms with Gasteiger partial charge in [-0.1, -0.05) is 32.6 Å². The zero-order valence-electron chi connectivity index (χ0n) is 21.2. The van der Waals surface area contributed by atoms with Gasteiger partial charge in [-0.3, -0.25) is 9.78 Å². The molecule has 0 bridgehead atoms. The molecule has 38 heavy (non-hydrogen) atoms. The van der Waals surface area contributed by atoms with Crippen LogP contribution in [-0.4, -0.2) is 37.9 Å². The first-order valence-electron chi connectivity index (χ1n) is 12.1. The maximum atomic E-state index is 13.5. The summed E-state index contributed by atoms with van der Waals surface area (Å²) in [5.74, 6) is 0.636. The maximum absolute atomic E-state index is 13.5. The molecule has 4 aromatic heterocycles. The molecule has 0 aliphatic carbocycles. The minimum absolute atomic E-state index is 0.0832. The summed E-state index contributed by atoms with van der Waals surface area (Å²) in [6.07, 6.45) is 6.74. The van der Waals surface area contributed by atoms with Crippen molar-refractivity contribution in [1.82, 2.24) is 24.9 Å². The van der Waals surface area contributed by atoms with Gasteiger partial charge < -0.3 is 15.6 Å². The van der Waals surface area contributed by atoms with E-state index in [0.29, 0.717) is 28.5 Å². The van der Waals surface area contributed by atoms with Crippen molar-refractivity contribution in [2.45, 2.75) is 13.8 Å². The number of nitrogens with one attached hydrogen (secondary N) is 3. The molecule has 0 unspecified atom stereocenters. The number of amides is 1. The lowest BCUT2D eigenvalue weighted by atomic mass is 10.0. The molecule has 190 valence electrons. The molecule has 0 fully saturated rings. The summed E-state index contributed by atoms with van der Waals surface area (Å²) in [4.78, 5) is 33.4. The number of carbonyl (C=O) groups excluding carboxylic acids is 1. The van der Waals surface area contributed by atoms with Crippen LogP contribution in [0.2, 0.25) is 0 Å². The Hall–Kier alpha value is -4.92. The lowest BCUT2D eigenvalue weighted by Crippen LogP contribution is -2.17. The van der Waals surface area contributed by atoms with E-state index in [0.717, 1.165) is 33.3 Å². The van der Waals surface area contributed by atoms with Gasteiger partial charge in [-0.15, -0.1) is 0 Å². The molecule has 5 rings (SSSR count). The molecular formula is C29H26FN7O. The molecule has 0 saturated carbocycles. The number of halogens is 1. The van der Waals surface area contributed by atoms with Crippen molar-refractivity contribution in [1.29, 1.82) is 0 Å². The third-order valence-corrected chi connectivity index (χ3v) is 6.15. The summed E-state index contributed by atoms with van der Waals surface area (Å²) in [6.45, 7) is 7.97. The molecule has 0 aliphatic heterocycles. The molecular weight excluding hydrogens is 481 g/mol. The van der Waals surface area contributed by atoms with Gasteiger partial charge in [0.2, 0.25) is 5.91 Å². The molecule has 0 radical (unpaired) electrons. The van der Waals surface area contributed by atoms with Gasteiger partial charge in [-0.25, -0.2) is 19.3 Å². The molecule has 9 heteroatoms. The number of hydrogen-bond acceptors (Lipinski definition) is 6. The van der Waals surface area contributed by atoms with Gasteiger partial charge in [0.25, 0.3) is 0 Å². The number of imidazole rings is 1. The number of fused-ring (bicyclic) bond motifs is 1. The van der Waals surface area contributed by atoms with E-state index >= 15 is 0 Å². The number of H-pyrrole nitrogens is 1. The number of aromatic amines is 1. The van der Waals surface area contributed by atoms with E-state index in [1.54, 1.807) is 44.0 Å². The van der Waals surface area contributed by atoms with Crippen LogP contribution in [0.1, 0.15) is 25.2 Å². The highest BCUT2D eigenvalue weighted by atomic mass is 19.1. The van der Waals surface area contributed by atoms with Crippen molar-refractivity contribution >= 4 is 34.1 Å². The van der Waals surface area contributed by atoms with Gasteiger partial charge in [0, 0.05) is 59.4 Å². The van der Waals surface area contributed by atoms with Gasteiger partial charge in [0.15, 0.2) is 5.65 Å². The molecule has 1 aromatic carbocycles. The molecule has 0 spiro atoms. The summed E-state index contributed by atoms with van der Waals surface area (Å²) in [5.41, 5.74) is 6.50. The minimum Gasteiger partial charge on any atom is -0.373 e. The van der Waals surface area contributed by atoms with Crippen LogP contribution < -0.4 is 10.6 Å². The van der Waals surface area contributed by atoms with E-state index < -0.39 is 0 Å². The monoisotopic (exact) mass is 507 g/mol. The predicted octanol–water partition coefficient (Wildman–Crippen LogP) is 5.92. The van der Waals surface area contributed by atoms with Gasteiger partial charge in [-0.2, -0.15) is 0 Å². The van der Waals surface area contributed by atoms with E-state index in [2.05, 4.69) is 42.1 Å². The van der Waals surface area contributed by atoms with Gasteiger partial charge >= 0.3 is 0 Å². The maximum Gasteiger partial charge on any atom is 0.226 e. The Morgan fingerprint density at radius 1 is 1.00 bits per heavy atom. The third-order valence-electron chi connectivity index (χ3n) is 6.15. The first kappa shape index (κ1) is 24.8.